The third kappa shape index (κ3) is 2.03. The summed E-state index contributed by atoms with van der Waals surface area (Å²) in [7, 11) is 1.89. The molecule has 3 rings (SSSR count). The largest absolute Gasteiger partial charge is 0.388 e. The summed E-state index contributed by atoms with van der Waals surface area (Å²) in [4.78, 5) is 4.57. The Balaban J connectivity index is 2.18. The van der Waals surface area contributed by atoms with Gasteiger partial charge >= 0.3 is 0 Å². The quantitative estimate of drug-likeness (QED) is 0.781. The second-order valence-electron chi connectivity index (χ2n) is 4.64. The van der Waals surface area contributed by atoms with Gasteiger partial charge in [-0.1, -0.05) is 0 Å². The van der Waals surface area contributed by atoms with E-state index in [4.69, 9.17) is 0 Å². The normalized spacial score (nSPS) is 10.9. The number of fused-ring (bicyclic) bond motifs is 1. The Morgan fingerprint density at radius 3 is 2.55 bits per heavy atom. The van der Waals surface area contributed by atoms with E-state index in [0.717, 1.165) is 29.1 Å². The van der Waals surface area contributed by atoms with Crippen molar-refractivity contribution in [2.24, 2.45) is 0 Å². The topological polar surface area (TPSA) is 29.9 Å². The van der Waals surface area contributed by atoms with Crippen molar-refractivity contribution in [3.05, 3.63) is 48.3 Å². The maximum Gasteiger partial charge on any atom is 0.141 e. The summed E-state index contributed by atoms with van der Waals surface area (Å²) in [5.41, 5.74) is 3.74. The number of nitrogens with one attached hydrogen (secondary N) is 1. The molecule has 0 aliphatic carbocycles. The molecule has 102 valence electrons. The molecule has 20 heavy (non-hydrogen) atoms. The minimum atomic E-state index is -0.254. The van der Waals surface area contributed by atoms with Crippen LogP contribution in [-0.2, 0) is 6.54 Å². The molecule has 0 aliphatic heterocycles. The van der Waals surface area contributed by atoms with Crippen LogP contribution in [0.15, 0.2) is 42.5 Å². The zero-order chi connectivity index (χ0) is 14.1. The summed E-state index contributed by atoms with van der Waals surface area (Å²) >= 11 is 0. The highest BCUT2D eigenvalue weighted by Gasteiger charge is 2.11. The standard InChI is InChI=1S/C16H16FN3/c1-3-20-15-9-6-12(17)10-14(15)19-16(20)11-4-7-13(18-2)8-5-11/h4-10,18H,3H2,1-2H3. The first kappa shape index (κ1) is 12.7. The summed E-state index contributed by atoms with van der Waals surface area (Å²) in [5.74, 6) is 0.617. The van der Waals surface area contributed by atoms with E-state index in [0.29, 0.717) is 5.52 Å². The minimum Gasteiger partial charge on any atom is -0.388 e. The lowest BCUT2D eigenvalue weighted by atomic mass is 10.2. The number of aromatic nitrogens is 2. The number of benzene rings is 2. The number of aryl methyl sites for hydroxylation is 1. The number of halogens is 1. The van der Waals surface area contributed by atoms with E-state index in [9.17, 15) is 4.39 Å². The lowest BCUT2D eigenvalue weighted by Gasteiger charge is -2.07. The van der Waals surface area contributed by atoms with Gasteiger partial charge in [-0.15, -0.1) is 0 Å². The van der Waals surface area contributed by atoms with Gasteiger partial charge < -0.3 is 9.88 Å². The van der Waals surface area contributed by atoms with Gasteiger partial charge in [0.15, 0.2) is 0 Å². The number of imidazole rings is 1. The zero-order valence-electron chi connectivity index (χ0n) is 11.5. The SMILES string of the molecule is CCn1c(-c2ccc(NC)cc2)nc2cc(F)ccc21. The van der Waals surface area contributed by atoms with Crippen LogP contribution < -0.4 is 5.32 Å². The summed E-state index contributed by atoms with van der Waals surface area (Å²) in [6, 6.07) is 12.8. The van der Waals surface area contributed by atoms with E-state index >= 15 is 0 Å². The number of nitrogens with zero attached hydrogens (tertiary/aromatic N) is 2. The van der Waals surface area contributed by atoms with Crippen LogP contribution in [0.3, 0.4) is 0 Å². The summed E-state index contributed by atoms with van der Waals surface area (Å²) in [6.07, 6.45) is 0. The van der Waals surface area contributed by atoms with Crippen LogP contribution in [0, 0.1) is 5.82 Å². The molecular formula is C16H16FN3. The Morgan fingerprint density at radius 2 is 1.90 bits per heavy atom. The van der Waals surface area contributed by atoms with Gasteiger partial charge in [-0.05, 0) is 43.3 Å². The van der Waals surface area contributed by atoms with Crippen LogP contribution in [0.2, 0.25) is 0 Å². The molecule has 1 N–H and O–H groups in total. The van der Waals surface area contributed by atoms with Crippen molar-refractivity contribution >= 4 is 16.7 Å². The predicted molar refractivity (Wildman–Crippen MR) is 80.3 cm³/mol. The van der Waals surface area contributed by atoms with E-state index < -0.39 is 0 Å². The van der Waals surface area contributed by atoms with Gasteiger partial charge in [0, 0.05) is 30.9 Å². The van der Waals surface area contributed by atoms with Crippen LogP contribution >= 0.6 is 0 Å². The molecule has 0 amide bonds. The van der Waals surface area contributed by atoms with Gasteiger partial charge in [-0.2, -0.15) is 0 Å². The van der Waals surface area contributed by atoms with Crippen LogP contribution in [-0.4, -0.2) is 16.6 Å². The predicted octanol–water partition coefficient (Wildman–Crippen LogP) is 3.90. The van der Waals surface area contributed by atoms with Gasteiger partial charge in [0.1, 0.15) is 11.6 Å². The Morgan fingerprint density at radius 1 is 1.15 bits per heavy atom. The number of anilines is 1. The van der Waals surface area contributed by atoms with Crippen molar-refractivity contribution in [3.8, 4) is 11.4 Å². The molecule has 0 fully saturated rings. The fourth-order valence-electron chi connectivity index (χ4n) is 2.43. The van der Waals surface area contributed by atoms with E-state index in [1.54, 1.807) is 6.07 Å². The van der Waals surface area contributed by atoms with Gasteiger partial charge in [0.05, 0.1) is 11.0 Å². The smallest absolute Gasteiger partial charge is 0.141 e. The monoisotopic (exact) mass is 269 g/mol. The molecule has 3 nitrogen and oxygen atoms in total. The fourth-order valence-corrected chi connectivity index (χ4v) is 2.43. The Hall–Kier alpha value is -2.36. The maximum absolute atomic E-state index is 13.3. The molecular weight excluding hydrogens is 253 g/mol. The fraction of sp³-hybridized carbons (Fsp3) is 0.188. The highest BCUT2D eigenvalue weighted by molar-refractivity contribution is 5.81. The average Bonchev–Trinajstić information content (AvgIpc) is 2.84. The Kier molecular flexibility index (Phi) is 3.14. The molecule has 0 bridgehead atoms. The van der Waals surface area contributed by atoms with Crippen molar-refractivity contribution in [2.45, 2.75) is 13.5 Å². The molecule has 4 heteroatoms. The maximum atomic E-state index is 13.3. The third-order valence-corrected chi connectivity index (χ3v) is 3.46. The molecule has 0 aliphatic rings. The first-order chi connectivity index (χ1) is 9.72. The van der Waals surface area contributed by atoms with Crippen molar-refractivity contribution in [3.63, 3.8) is 0 Å². The van der Waals surface area contributed by atoms with Crippen molar-refractivity contribution in [1.29, 1.82) is 0 Å². The minimum absolute atomic E-state index is 0.254. The molecule has 0 saturated heterocycles. The Labute approximate surface area is 117 Å². The van der Waals surface area contributed by atoms with Crippen molar-refractivity contribution < 1.29 is 4.39 Å². The third-order valence-electron chi connectivity index (χ3n) is 3.46. The van der Waals surface area contributed by atoms with Crippen LogP contribution in [0.4, 0.5) is 10.1 Å². The number of rotatable bonds is 3. The lowest BCUT2D eigenvalue weighted by molar-refractivity contribution is 0.629. The lowest BCUT2D eigenvalue weighted by Crippen LogP contribution is -1.97. The second kappa shape index (κ2) is 4.96. The molecule has 3 aromatic rings. The first-order valence-electron chi connectivity index (χ1n) is 6.67. The summed E-state index contributed by atoms with van der Waals surface area (Å²) < 4.78 is 15.4. The van der Waals surface area contributed by atoms with Gasteiger partial charge in [0.25, 0.3) is 0 Å². The zero-order valence-corrected chi connectivity index (χ0v) is 11.5. The molecule has 0 unspecified atom stereocenters. The highest BCUT2D eigenvalue weighted by atomic mass is 19.1. The Bertz CT molecular complexity index is 744. The molecule has 0 atom stereocenters. The molecule has 1 heterocycles. The number of hydrogen-bond acceptors (Lipinski definition) is 2. The van der Waals surface area contributed by atoms with Crippen LogP contribution in [0.5, 0.6) is 0 Å². The molecule has 1 aromatic heterocycles. The summed E-state index contributed by atoms with van der Waals surface area (Å²) in [5, 5.41) is 3.09. The first-order valence-corrected chi connectivity index (χ1v) is 6.67. The molecule has 2 aromatic carbocycles. The average molecular weight is 269 g/mol. The van der Waals surface area contributed by atoms with E-state index in [-0.39, 0.29) is 5.82 Å². The van der Waals surface area contributed by atoms with Crippen molar-refractivity contribution in [2.75, 3.05) is 12.4 Å². The van der Waals surface area contributed by atoms with Gasteiger partial charge in [-0.3, -0.25) is 0 Å². The van der Waals surface area contributed by atoms with Gasteiger partial charge in [0.2, 0.25) is 0 Å². The van der Waals surface area contributed by atoms with E-state index in [1.807, 2.05) is 31.3 Å². The number of hydrogen-bond donors (Lipinski definition) is 1. The highest BCUT2D eigenvalue weighted by Crippen LogP contribution is 2.26. The van der Waals surface area contributed by atoms with Crippen molar-refractivity contribution in [1.82, 2.24) is 9.55 Å². The summed E-state index contributed by atoms with van der Waals surface area (Å²) in [6.45, 7) is 2.86. The molecule has 0 spiro atoms. The molecule has 0 saturated carbocycles. The van der Waals surface area contributed by atoms with Gasteiger partial charge in [-0.25, -0.2) is 9.37 Å². The molecule has 0 radical (unpaired) electrons. The van der Waals surface area contributed by atoms with Crippen LogP contribution in [0.1, 0.15) is 6.92 Å². The van der Waals surface area contributed by atoms with E-state index in [1.165, 1.54) is 12.1 Å². The van der Waals surface area contributed by atoms with E-state index in [2.05, 4.69) is 21.8 Å². The van der Waals surface area contributed by atoms with Crippen LogP contribution in [0.25, 0.3) is 22.4 Å². The second-order valence-corrected chi connectivity index (χ2v) is 4.64.